The Hall–Kier alpha value is -1.33. The topological polar surface area (TPSA) is 16.1 Å². The molecule has 1 aromatic rings. The van der Waals surface area contributed by atoms with Crippen LogP contribution in [0.2, 0.25) is 0 Å². The molecule has 2 heteroatoms. The van der Waals surface area contributed by atoms with Crippen LogP contribution in [0.4, 0.5) is 0 Å². The van der Waals surface area contributed by atoms with Crippen molar-refractivity contribution in [3.8, 4) is 11.8 Å². The zero-order chi connectivity index (χ0) is 11.2. The maximum absolute atomic E-state index is 4.24. The average molecular weight is 212 g/mol. The van der Waals surface area contributed by atoms with Crippen molar-refractivity contribution in [2.45, 2.75) is 13.3 Å². The Morgan fingerprint density at radius 2 is 2.25 bits per heavy atom. The molecular formula is C14H16N2. The maximum atomic E-state index is 4.24. The van der Waals surface area contributed by atoms with Gasteiger partial charge < -0.3 is 4.90 Å². The summed E-state index contributed by atoms with van der Waals surface area (Å²) in [7, 11) is 2.18. The van der Waals surface area contributed by atoms with Gasteiger partial charge in [0, 0.05) is 19.3 Å². The van der Waals surface area contributed by atoms with Gasteiger partial charge in [0.2, 0.25) is 0 Å². The van der Waals surface area contributed by atoms with Gasteiger partial charge in [-0.05, 0) is 36.9 Å². The van der Waals surface area contributed by atoms with Crippen LogP contribution in [0.3, 0.4) is 0 Å². The van der Waals surface area contributed by atoms with Crippen molar-refractivity contribution in [1.82, 2.24) is 9.88 Å². The van der Waals surface area contributed by atoms with Crippen molar-refractivity contribution in [2.24, 2.45) is 10.8 Å². The highest BCUT2D eigenvalue weighted by Gasteiger charge is 2.68. The average Bonchev–Trinajstić information content (AvgIpc) is 2.72. The second kappa shape index (κ2) is 3.09. The molecule has 2 unspecified atom stereocenters. The number of rotatable bonds is 0. The van der Waals surface area contributed by atoms with Crippen molar-refractivity contribution in [1.29, 1.82) is 0 Å². The molecule has 2 aliphatic rings. The van der Waals surface area contributed by atoms with E-state index in [9.17, 15) is 0 Å². The first-order valence-electron chi connectivity index (χ1n) is 5.76. The highest BCUT2D eigenvalue weighted by molar-refractivity contribution is 5.38. The SMILES string of the molecule is CN1CC2(C)CC2(C#Cc2ccccn2)C1. The van der Waals surface area contributed by atoms with E-state index in [1.54, 1.807) is 6.20 Å². The molecule has 1 aliphatic carbocycles. The summed E-state index contributed by atoms with van der Waals surface area (Å²) in [6, 6.07) is 5.89. The lowest BCUT2D eigenvalue weighted by Gasteiger charge is -2.11. The molecule has 0 spiro atoms. The lowest BCUT2D eigenvalue weighted by atomic mass is 9.99. The standard InChI is InChI=1S/C14H16N2/c1-13-9-14(13,11-16(2)10-13)7-6-12-5-3-4-8-15-12/h3-5,8H,9-11H2,1-2H3. The minimum Gasteiger partial charge on any atom is -0.304 e. The van der Waals surface area contributed by atoms with E-state index >= 15 is 0 Å². The van der Waals surface area contributed by atoms with Crippen LogP contribution in [-0.2, 0) is 0 Å². The van der Waals surface area contributed by atoms with Crippen LogP contribution in [-0.4, -0.2) is 30.0 Å². The maximum Gasteiger partial charge on any atom is 0.113 e. The number of pyridine rings is 1. The van der Waals surface area contributed by atoms with E-state index in [1.807, 2.05) is 18.2 Å². The van der Waals surface area contributed by atoms with E-state index in [2.05, 4.69) is 35.7 Å². The summed E-state index contributed by atoms with van der Waals surface area (Å²) in [5, 5.41) is 0. The molecule has 0 amide bonds. The van der Waals surface area contributed by atoms with Gasteiger partial charge >= 0.3 is 0 Å². The summed E-state index contributed by atoms with van der Waals surface area (Å²) in [6.07, 6.45) is 3.05. The Kier molecular flexibility index (Phi) is 1.90. The van der Waals surface area contributed by atoms with E-state index < -0.39 is 0 Å². The lowest BCUT2D eigenvalue weighted by Crippen LogP contribution is -2.19. The normalized spacial score (nSPS) is 36.4. The summed E-state index contributed by atoms with van der Waals surface area (Å²) in [5.74, 6) is 6.69. The number of aromatic nitrogens is 1. The summed E-state index contributed by atoms with van der Waals surface area (Å²) in [5.41, 5.74) is 1.57. The van der Waals surface area contributed by atoms with Gasteiger partial charge in [0.25, 0.3) is 0 Å². The first kappa shape index (κ1) is 9.86. The Morgan fingerprint density at radius 1 is 1.38 bits per heavy atom. The van der Waals surface area contributed by atoms with Crippen LogP contribution < -0.4 is 0 Å². The fraction of sp³-hybridized carbons (Fsp3) is 0.500. The van der Waals surface area contributed by atoms with Crippen LogP contribution >= 0.6 is 0 Å². The number of nitrogens with zero attached hydrogens (tertiary/aromatic N) is 2. The Balaban J connectivity index is 1.85. The number of piperidine rings is 1. The van der Waals surface area contributed by atoms with Gasteiger partial charge in [0.05, 0.1) is 5.41 Å². The molecule has 0 aromatic carbocycles. The quantitative estimate of drug-likeness (QED) is 0.609. The third kappa shape index (κ3) is 1.36. The predicted octanol–water partition coefficient (Wildman–Crippen LogP) is 1.77. The fourth-order valence-electron chi connectivity index (χ4n) is 3.04. The summed E-state index contributed by atoms with van der Waals surface area (Å²) in [6.45, 7) is 4.65. The molecule has 0 radical (unpaired) electrons. The minimum atomic E-state index is 0.249. The van der Waals surface area contributed by atoms with Crippen LogP contribution in [0.5, 0.6) is 0 Å². The van der Waals surface area contributed by atoms with Crippen LogP contribution in [0.15, 0.2) is 24.4 Å². The van der Waals surface area contributed by atoms with E-state index in [1.165, 1.54) is 13.0 Å². The van der Waals surface area contributed by atoms with Crippen LogP contribution in [0, 0.1) is 22.7 Å². The number of hydrogen-bond donors (Lipinski definition) is 0. The van der Waals surface area contributed by atoms with E-state index in [-0.39, 0.29) is 5.41 Å². The zero-order valence-electron chi connectivity index (χ0n) is 9.83. The number of hydrogen-bond acceptors (Lipinski definition) is 2. The molecule has 1 saturated carbocycles. The first-order valence-corrected chi connectivity index (χ1v) is 5.76. The molecule has 1 aromatic heterocycles. The van der Waals surface area contributed by atoms with Crippen molar-refractivity contribution >= 4 is 0 Å². The molecule has 82 valence electrons. The van der Waals surface area contributed by atoms with Crippen LogP contribution in [0.25, 0.3) is 0 Å². The lowest BCUT2D eigenvalue weighted by molar-refractivity contribution is 0.342. The third-order valence-electron chi connectivity index (χ3n) is 3.98. The molecule has 2 heterocycles. The summed E-state index contributed by atoms with van der Waals surface area (Å²) < 4.78 is 0. The van der Waals surface area contributed by atoms with E-state index in [0.29, 0.717) is 5.41 Å². The van der Waals surface area contributed by atoms with Gasteiger partial charge in [-0.2, -0.15) is 0 Å². The molecule has 2 fully saturated rings. The Bertz CT molecular complexity index is 471. The van der Waals surface area contributed by atoms with Crippen molar-refractivity contribution < 1.29 is 0 Å². The van der Waals surface area contributed by atoms with Crippen LogP contribution in [0.1, 0.15) is 19.0 Å². The zero-order valence-corrected chi connectivity index (χ0v) is 9.83. The highest BCUT2D eigenvalue weighted by atomic mass is 15.2. The minimum absolute atomic E-state index is 0.249. The predicted molar refractivity (Wildman–Crippen MR) is 63.8 cm³/mol. The van der Waals surface area contributed by atoms with Crippen molar-refractivity contribution in [3.63, 3.8) is 0 Å². The molecule has 3 rings (SSSR count). The molecule has 1 saturated heterocycles. The molecular weight excluding hydrogens is 196 g/mol. The van der Waals surface area contributed by atoms with Gasteiger partial charge in [0.15, 0.2) is 0 Å². The van der Waals surface area contributed by atoms with Crippen molar-refractivity contribution in [2.75, 3.05) is 20.1 Å². The molecule has 2 atom stereocenters. The smallest absolute Gasteiger partial charge is 0.113 e. The monoisotopic (exact) mass is 212 g/mol. The molecule has 1 aliphatic heterocycles. The van der Waals surface area contributed by atoms with E-state index in [4.69, 9.17) is 0 Å². The van der Waals surface area contributed by atoms with Gasteiger partial charge in [-0.25, -0.2) is 4.98 Å². The summed E-state index contributed by atoms with van der Waals surface area (Å²) >= 11 is 0. The molecule has 0 bridgehead atoms. The first-order chi connectivity index (χ1) is 7.64. The largest absolute Gasteiger partial charge is 0.304 e. The van der Waals surface area contributed by atoms with Gasteiger partial charge in [-0.3, -0.25) is 0 Å². The number of fused-ring (bicyclic) bond motifs is 1. The van der Waals surface area contributed by atoms with Gasteiger partial charge in [-0.1, -0.05) is 18.9 Å². The van der Waals surface area contributed by atoms with Crippen molar-refractivity contribution in [3.05, 3.63) is 30.1 Å². The second-order valence-electron chi connectivity index (χ2n) is 5.46. The highest BCUT2D eigenvalue weighted by Crippen LogP contribution is 2.67. The molecule has 0 N–H and O–H groups in total. The second-order valence-corrected chi connectivity index (χ2v) is 5.46. The fourth-order valence-corrected chi connectivity index (χ4v) is 3.04. The van der Waals surface area contributed by atoms with Gasteiger partial charge in [-0.15, -0.1) is 0 Å². The summed E-state index contributed by atoms with van der Waals surface area (Å²) in [4.78, 5) is 6.63. The third-order valence-corrected chi connectivity index (χ3v) is 3.98. The van der Waals surface area contributed by atoms with Gasteiger partial charge in [0.1, 0.15) is 5.69 Å². The Labute approximate surface area is 96.7 Å². The van der Waals surface area contributed by atoms with E-state index in [0.717, 1.165) is 12.2 Å². The number of likely N-dealkylation sites (tertiary alicyclic amines) is 1. The molecule has 2 nitrogen and oxygen atoms in total. The Morgan fingerprint density at radius 3 is 2.88 bits per heavy atom. The molecule has 16 heavy (non-hydrogen) atoms.